The normalized spacial score (nSPS) is 26.3. The van der Waals surface area contributed by atoms with Gasteiger partial charge in [0, 0.05) is 24.1 Å². The third kappa shape index (κ3) is 1.84. The van der Waals surface area contributed by atoms with Crippen LogP contribution in [0.2, 0.25) is 0 Å². The lowest BCUT2D eigenvalue weighted by molar-refractivity contribution is -0.137. The fraction of sp³-hybridized carbons (Fsp3) is 0.385. The van der Waals surface area contributed by atoms with Crippen molar-refractivity contribution in [2.45, 2.75) is 25.3 Å². The van der Waals surface area contributed by atoms with Gasteiger partial charge in [-0.1, -0.05) is 6.07 Å². The molecule has 2 amide bonds. The lowest BCUT2D eigenvalue weighted by atomic mass is 9.88. The van der Waals surface area contributed by atoms with Gasteiger partial charge in [-0.3, -0.25) is 25.2 Å². The van der Waals surface area contributed by atoms with Crippen LogP contribution in [0.5, 0.6) is 0 Å². The van der Waals surface area contributed by atoms with Crippen LogP contribution in [0.1, 0.15) is 18.4 Å². The van der Waals surface area contributed by atoms with Crippen LogP contribution in [0.25, 0.3) is 0 Å². The van der Waals surface area contributed by atoms with Crippen molar-refractivity contribution in [1.82, 2.24) is 5.32 Å². The second kappa shape index (κ2) is 4.24. The number of carbonyl (C=O) groups excluding carboxylic acids is 2. The summed E-state index contributed by atoms with van der Waals surface area (Å²) in [4.78, 5) is 23.0. The van der Waals surface area contributed by atoms with Crippen LogP contribution >= 0.6 is 0 Å². The minimum atomic E-state index is -0.394. The molecule has 1 fully saturated rings. The summed E-state index contributed by atoms with van der Waals surface area (Å²) in [5.74, 6) is -0.957. The molecule has 2 atom stereocenters. The van der Waals surface area contributed by atoms with Gasteiger partial charge >= 0.3 is 0 Å². The number of hydrogen-bond donors (Lipinski definition) is 3. The third-order valence-electron chi connectivity index (χ3n) is 3.91. The number of amides is 2. The topological polar surface area (TPSA) is 95.7 Å². The van der Waals surface area contributed by atoms with Gasteiger partial charge in [-0.05, 0) is 18.6 Å². The number of anilines is 2. The Morgan fingerprint density at radius 2 is 2.16 bits per heavy atom. The lowest BCUT2D eigenvalue weighted by Gasteiger charge is -2.30. The van der Waals surface area contributed by atoms with E-state index in [1.54, 1.807) is 18.2 Å². The molecule has 6 heteroatoms. The van der Waals surface area contributed by atoms with Crippen molar-refractivity contribution in [2.24, 2.45) is 5.92 Å². The number of hydroxylamine groups is 1. The minimum absolute atomic E-state index is 0.249. The highest BCUT2D eigenvalue weighted by Gasteiger charge is 2.41. The van der Waals surface area contributed by atoms with E-state index in [-0.39, 0.29) is 17.9 Å². The lowest BCUT2D eigenvalue weighted by Crippen LogP contribution is -2.49. The van der Waals surface area contributed by atoms with Crippen molar-refractivity contribution in [3.05, 3.63) is 23.8 Å². The van der Waals surface area contributed by atoms with E-state index in [4.69, 9.17) is 5.73 Å². The van der Waals surface area contributed by atoms with Crippen LogP contribution in [0.4, 0.5) is 11.4 Å². The van der Waals surface area contributed by atoms with Gasteiger partial charge < -0.3 is 5.73 Å². The summed E-state index contributed by atoms with van der Waals surface area (Å²) in [6.07, 6.45) is 1.29. The molecule has 1 aromatic carbocycles. The quantitative estimate of drug-likeness (QED) is 0.503. The maximum Gasteiger partial charge on any atom is 0.231 e. The van der Waals surface area contributed by atoms with Gasteiger partial charge in [0.05, 0.1) is 17.6 Å². The summed E-state index contributed by atoms with van der Waals surface area (Å²) in [5, 5.41) is 13.7. The summed E-state index contributed by atoms with van der Waals surface area (Å²) in [7, 11) is 0. The first-order chi connectivity index (χ1) is 9.08. The van der Waals surface area contributed by atoms with Gasteiger partial charge in [0.15, 0.2) is 0 Å². The van der Waals surface area contributed by atoms with E-state index in [0.717, 1.165) is 10.6 Å². The Bertz CT molecular complexity index is 558. The van der Waals surface area contributed by atoms with Crippen LogP contribution in [0.15, 0.2) is 18.2 Å². The molecule has 0 aliphatic carbocycles. The standard InChI is InChI=1S/C13H15N3O3/c14-9-2-1-3-10-8(9)6-11(16(10)19)7-4-5-12(17)15-13(7)18/h1-3,7,11,19H,4-6,14H2,(H,15,17,18). The first kappa shape index (κ1) is 12.0. The number of piperidine rings is 1. The van der Waals surface area contributed by atoms with Crippen LogP contribution < -0.4 is 16.1 Å². The Balaban J connectivity index is 1.87. The molecule has 0 bridgehead atoms. The van der Waals surface area contributed by atoms with Gasteiger partial charge in [0.25, 0.3) is 0 Å². The van der Waals surface area contributed by atoms with Crippen molar-refractivity contribution in [2.75, 3.05) is 10.8 Å². The molecule has 6 nitrogen and oxygen atoms in total. The number of rotatable bonds is 1. The minimum Gasteiger partial charge on any atom is -0.398 e. The maximum absolute atomic E-state index is 11.9. The molecule has 0 spiro atoms. The van der Waals surface area contributed by atoms with Crippen LogP contribution in [0, 0.1) is 5.92 Å². The number of fused-ring (bicyclic) bond motifs is 1. The zero-order valence-corrected chi connectivity index (χ0v) is 10.3. The Hall–Kier alpha value is -2.08. The number of hydrogen-bond acceptors (Lipinski definition) is 5. The molecule has 0 aromatic heterocycles. The molecule has 100 valence electrons. The van der Waals surface area contributed by atoms with E-state index >= 15 is 0 Å². The number of nitrogens with zero attached hydrogens (tertiary/aromatic N) is 1. The van der Waals surface area contributed by atoms with Crippen molar-refractivity contribution in [3.63, 3.8) is 0 Å². The Labute approximate surface area is 110 Å². The zero-order chi connectivity index (χ0) is 13.6. The van der Waals surface area contributed by atoms with Crippen LogP contribution in [0.3, 0.4) is 0 Å². The molecule has 2 heterocycles. The second-order valence-electron chi connectivity index (χ2n) is 5.02. The SMILES string of the molecule is Nc1cccc2c1CC(C1CCC(=O)NC1=O)N2O. The maximum atomic E-state index is 11.9. The number of carbonyl (C=O) groups is 2. The van der Waals surface area contributed by atoms with E-state index in [0.29, 0.717) is 30.6 Å². The highest BCUT2D eigenvalue weighted by Crippen LogP contribution is 2.38. The van der Waals surface area contributed by atoms with Gasteiger partial charge in [0.1, 0.15) is 0 Å². The fourth-order valence-electron chi connectivity index (χ4n) is 2.89. The molecule has 19 heavy (non-hydrogen) atoms. The summed E-state index contributed by atoms with van der Waals surface area (Å²) < 4.78 is 0. The van der Waals surface area contributed by atoms with Crippen molar-refractivity contribution >= 4 is 23.2 Å². The average molecular weight is 261 g/mol. The number of imide groups is 1. The monoisotopic (exact) mass is 261 g/mol. The third-order valence-corrected chi connectivity index (χ3v) is 3.91. The molecular formula is C13H15N3O3. The smallest absolute Gasteiger partial charge is 0.231 e. The van der Waals surface area contributed by atoms with E-state index in [1.165, 1.54) is 0 Å². The Morgan fingerprint density at radius 3 is 2.84 bits per heavy atom. The molecule has 2 unspecified atom stereocenters. The van der Waals surface area contributed by atoms with Gasteiger partial charge in [-0.2, -0.15) is 0 Å². The Morgan fingerprint density at radius 1 is 1.37 bits per heavy atom. The highest BCUT2D eigenvalue weighted by molar-refractivity contribution is 5.99. The summed E-state index contributed by atoms with van der Waals surface area (Å²) in [5.41, 5.74) is 8.02. The largest absolute Gasteiger partial charge is 0.398 e. The zero-order valence-electron chi connectivity index (χ0n) is 10.3. The van der Waals surface area contributed by atoms with Gasteiger partial charge in [0.2, 0.25) is 11.8 Å². The molecule has 3 rings (SSSR count). The molecular weight excluding hydrogens is 246 g/mol. The highest BCUT2D eigenvalue weighted by atomic mass is 16.5. The van der Waals surface area contributed by atoms with E-state index in [1.807, 2.05) is 0 Å². The second-order valence-corrected chi connectivity index (χ2v) is 5.02. The summed E-state index contributed by atoms with van der Waals surface area (Å²) in [6.45, 7) is 0. The van der Waals surface area contributed by atoms with E-state index in [2.05, 4.69) is 5.32 Å². The Kier molecular flexibility index (Phi) is 2.67. The van der Waals surface area contributed by atoms with E-state index in [9.17, 15) is 14.8 Å². The molecule has 1 aromatic rings. The van der Waals surface area contributed by atoms with Gasteiger partial charge in [-0.25, -0.2) is 0 Å². The average Bonchev–Trinajstić information content (AvgIpc) is 2.69. The number of nitrogen functional groups attached to an aromatic ring is 1. The fourth-order valence-corrected chi connectivity index (χ4v) is 2.89. The summed E-state index contributed by atoms with van der Waals surface area (Å²) >= 11 is 0. The van der Waals surface area contributed by atoms with Crippen LogP contribution in [-0.4, -0.2) is 23.1 Å². The summed E-state index contributed by atoms with van der Waals surface area (Å²) in [6, 6.07) is 4.97. The first-order valence-corrected chi connectivity index (χ1v) is 6.27. The van der Waals surface area contributed by atoms with Crippen LogP contribution in [-0.2, 0) is 16.0 Å². The van der Waals surface area contributed by atoms with Crippen molar-refractivity contribution < 1.29 is 14.8 Å². The molecule has 2 aliphatic heterocycles. The molecule has 2 aliphatic rings. The van der Waals surface area contributed by atoms with Gasteiger partial charge in [-0.15, -0.1) is 0 Å². The molecule has 4 N–H and O–H groups in total. The molecule has 0 saturated carbocycles. The van der Waals surface area contributed by atoms with E-state index < -0.39 is 5.92 Å². The first-order valence-electron chi connectivity index (χ1n) is 6.27. The molecule has 0 radical (unpaired) electrons. The van der Waals surface area contributed by atoms with Crippen molar-refractivity contribution in [1.29, 1.82) is 0 Å². The predicted octanol–water partition coefficient (Wildman–Crippen LogP) is 0.442. The number of nitrogens with one attached hydrogen (secondary N) is 1. The molecule has 1 saturated heterocycles. The van der Waals surface area contributed by atoms with Crippen molar-refractivity contribution in [3.8, 4) is 0 Å². The number of nitrogens with two attached hydrogens (primary N) is 1. The predicted molar refractivity (Wildman–Crippen MR) is 68.5 cm³/mol. The number of benzene rings is 1.